The van der Waals surface area contributed by atoms with E-state index in [-0.39, 0.29) is 5.91 Å². The Balaban J connectivity index is 1.85. The van der Waals surface area contributed by atoms with Crippen LogP contribution >= 0.6 is 11.3 Å². The molecule has 0 spiro atoms. The molecule has 0 radical (unpaired) electrons. The van der Waals surface area contributed by atoms with Crippen molar-refractivity contribution in [3.05, 3.63) is 76.3 Å². The summed E-state index contributed by atoms with van der Waals surface area (Å²) < 4.78 is 5.87. The van der Waals surface area contributed by atoms with E-state index < -0.39 is 0 Å². The summed E-state index contributed by atoms with van der Waals surface area (Å²) in [5.74, 6) is 0.887. The molecule has 0 atom stereocenters. The van der Waals surface area contributed by atoms with Crippen LogP contribution in [0.15, 0.2) is 54.0 Å². The molecule has 3 rings (SSSR count). The summed E-state index contributed by atoms with van der Waals surface area (Å²) in [6, 6.07) is 13.9. The van der Waals surface area contributed by atoms with Crippen LogP contribution in [0.25, 0.3) is 12.2 Å². The largest absolute Gasteiger partial charge is 0.493 e. The van der Waals surface area contributed by atoms with Crippen LogP contribution in [-0.2, 0) is 0 Å². The lowest BCUT2D eigenvalue weighted by atomic mass is 10.1. The van der Waals surface area contributed by atoms with Crippen molar-refractivity contribution in [1.29, 1.82) is 0 Å². The number of carbonyl (C=O) groups is 1. The Morgan fingerprint density at radius 3 is 2.57 bits per heavy atom. The molecule has 0 aliphatic rings. The van der Waals surface area contributed by atoms with Gasteiger partial charge in [0.1, 0.15) is 5.75 Å². The summed E-state index contributed by atoms with van der Waals surface area (Å²) in [4.78, 5) is 16.8. The van der Waals surface area contributed by atoms with Gasteiger partial charge in [-0.25, -0.2) is 4.98 Å². The highest BCUT2D eigenvalue weighted by Crippen LogP contribution is 2.22. The van der Waals surface area contributed by atoms with Crippen LogP contribution in [-0.4, -0.2) is 17.5 Å². The van der Waals surface area contributed by atoms with Gasteiger partial charge in [0.2, 0.25) is 0 Å². The second kappa shape index (κ2) is 9.33. The van der Waals surface area contributed by atoms with Gasteiger partial charge in [-0.2, -0.15) is 0 Å². The molecule has 0 saturated carbocycles. The van der Waals surface area contributed by atoms with Gasteiger partial charge in [-0.05, 0) is 42.2 Å². The number of nitrogens with zero attached hydrogens (tertiary/aromatic N) is 1. The highest BCUT2D eigenvalue weighted by molar-refractivity contribution is 7.13. The van der Waals surface area contributed by atoms with Gasteiger partial charge in [0.25, 0.3) is 5.91 Å². The van der Waals surface area contributed by atoms with Crippen LogP contribution in [0.3, 0.4) is 0 Å². The molecule has 1 aromatic heterocycles. The zero-order valence-electron chi connectivity index (χ0n) is 16.3. The smallest absolute Gasteiger partial charge is 0.257 e. The quantitative estimate of drug-likeness (QED) is 0.509. The van der Waals surface area contributed by atoms with Crippen molar-refractivity contribution >= 4 is 34.5 Å². The SMILES string of the molecule is Cc1ccc(C=Cc2cc(OCC(C)C)cc(C(=O)Nc3nccs3)c2)cc1. The van der Waals surface area contributed by atoms with Gasteiger partial charge in [-0.15, -0.1) is 11.3 Å². The third-order valence-corrected chi connectivity index (χ3v) is 4.66. The van der Waals surface area contributed by atoms with Gasteiger partial charge in [0.05, 0.1) is 6.61 Å². The molecule has 1 N–H and O–H groups in total. The zero-order chi connectivity index (χ0) is 19.9. The van der Waals surface area contributed by atoms with Crippen molar-refractivity contribution in [2.75, 3.05) is 11.9 Å². The molecule has 1 heterocycles. The number of benzene rings is 2. The first-order valence-electron chi connectivity index (χ1n) is 9.23. The molecule has 28 heavy (non-hydrogen) atoms. The number of anilines is 1. The monoisotopic (exact) mass is 392 g/mol. The number of aryl methyl sites for hydroxylation is 1. The van der Waals surface area contributed by atoms with E-state index in [0.717, 1.165) is 11.1 Å². The average Bonchev–Trinajstić information content (AvgIpc) is 3.19. The van der Waals surface area contributed by atoms with Crippen LogP contribution < -0.4 is 10.1 Å². The Kier molecular flexibility index (Phi) is 6.61. The highest BCUT2D eigenvalue weighted by Gasteiger charge is 2.11. The van der Waals surface area contributed by atoms with Crippen LogP contribution in [0.2, 0.25) is 0 Å². The molecule has 0 aliphatic carbocycles. The van der Waals surface area contributed by atoms with Gasteiger partial charge in [-0.3, -0.25) is 10.1 Å². The van der Waals surface area contributed by atoms with Gasteiger partial charge in [-0.1, -0.05) is 55.8 Å². The standard InChI is InChI=1S/C23H24N2O2S/c1-16(2)15-27-21-13-19(9-8-18-6-4-17(3)5-7-18)12-20(14-21)22(26)25-23-24-10-11-28-23/h4-14,16H,15H2,1-3H3,(H,24,25,26). The summed E-state index contributed by atoms with van der Waals surface area (Å²) >= 11 is 1.39. The van der Waals surface area contributed by atoms with Crippen molar-refractivity contribution in [1.82, 2.24) is 4.98 Å². The summed E-state index contributed by atoms with van der Waals surface area (Å²) in [5, 5.41) is 5.23. The molecule has 0 saturated heterocycles. The van der Waals surface area contributed by atoms with E-state index in [1.807, 2.05) is 29.7 Å². The summed E-state index contributed by atoms with van der Waals surface area (Å²) in [6.07, 6.45) is 5.69. The molecule has 4 nitrogen and oxygen atoms in total. The van der Waals surface area contributed by atoms with E-state index in [1.54, 1.807) is 12.3 Å². The van der Waals surface area contributed by atoms with E-state index in [4.69, 9.17) is 4.74 Å². The van der Waals surface area contributed by atoms with Crippen LogP contribution in [0.1, 0.15) is 40.9 Å². The zero-order valence-corrected chi connectivity index (χ0v) is 17.1. The summed E-state index contributed by atoms with van der Waals surface area (Å²) in [5.41, 5.74) is 3.78. The maximum atomic E-state index is 12.6. The van der Waals surface area contributed by atoms with Crippen LogP contribution in [0.5, 0.6) is 5.75 Å². The molecular formula is C23H24N2O2S. The van der Waals surface area contributed by atoms with Crippen molar-refractivity contribution in [3.63, 3.8) is 0 Å². The second-order valence-electron chi connectivity index (χ2n) is 7.03. The van der Waals surface area contributed by atoms with Crippen molar-refractivity contribution in [2.45, 2.75) is 20.8 Å². The molecule has 144 valence electrons. The van der Waals surface area contributed by atoms with Gasteiger partial charge >= 0.3 is 0 Å². The molecule has 2 aromatic carbocycles. The Bertz CT molecular complexity index is 945. The lowest BCUT2D eigenvalue weighted by Crippen LogP contribution is -2.12. The van der Waals surface area contributed by atoms with Crippen molar-refractivity contribution in [2.24, 2.45) is 5.92 Å². The lowest BCUT2D eigenvalue weighted by Gasteiger charge is -2.11. The van der Waals surface area contributed by atoms with E-state index in [0.29, 0.717) is 29.0 Å². The average molecular weight is 393 g/mol. The first-order chi connectivity index (χ1) is 13.5. The van der Waals surface area contributed by atoms with Crippen LogP contribution in [0, 0.1) is 12.8 Å². The lowest BCUT2D eigenvalue weighted by molar-refractivity contribution is 0.102. The number of hydrogen-bond donors (Lipinski definition) is 1. The fourth-order valence-corrected chi connectivity index (χ4v) is 3.04. The Morgan fingerprint density at radius 2 is 1.89 bits per heavy atom. The maximum Gasteiger partial charge on any atom is 0.257 e. The number of ether oxygens (including phenoxy) is 1. The van der Waals surface area contributed by atoms with Gasteiger partial charge in [0.15, 0.2) is 5.13 Å². The summed E-state index contributed by atoms with van der Waals surface area (Å²) in [7, 11) is 0. The molecule has 5 heteroatoms. The number of aromatic nitrogens is 1. The fraction of sp³-hybridized carbons (Fsp3) is 0.217. The Morgan fingerprint density at radius 1 is 1.14 bits per heavy atom. The van der Waals surface area contributed by atoms with Crippen LogP contribution in [0.4, 0.5) is 5.13 Å². The van der Waals surface area contributed by atoms with Gasteiger partial charge in [0, 0.05) is 17.1 Å². The minimum absolute atomic E-state index is 0.199. The number of thiazole rings is 1. The number of hydrogen-bond acceptors (Lipinski definition) is 4. The van der Waals surface area contributed by atoms with E-state index in [9.17, 15) is 4.79 Å². The molecule has 0 fully saturated rings. The molecule has 3 aromatic rings. The molecular weight excluding hydrogens is 368 g/mol. The molecule has 0 unspecified atom stereocenters. The Hall–Kier alpha value is -2.92. The van der Waals surface area contributed by atoms with E-state index in [2.05, 4.69) is 55.3 Å². The first kappa shape index (κ1) is 19.8. The Labute approximate surface area is 169 Å². The van der Waals surface area contributed by atoms with Crippen molar-refractivity contribution in [3.8, 4) is 5.75 Å². The van der Waals surface area contributed by atoms with Gasteiger partial charge < -0.3 is 4.74 Å². The van der Waals surface area contributed by atoms with Crippen molar-refractivity contribution < 1.29 is 9.53 Å². The second-order valence-corrected chi connectivity index (χ2v) is 7.93. The first-order valence-corrected chi connectivity index (χ1v) is 10.1. The maximum absolute atomic E-state index is 12.6. The highest BCUT2D eigenvalue weighted by atomic mass is 32.1. The predicted octanol–water partition coefficient (Wildman–Crippen LogP) is 5.91. The normalized spacial score (nSPS) is 11.1. The van der Waals surface area contributed by atoms with E-state index in [1.165, 1.54) is 16.9 Å². The summed E-state index contributed by atoms with van der Waals surface area (Å²) in [6.45, 7) is 6.85. The molecule has 0 bridgehead atoms. The third-order valence-electron chi connectivity index (χ3n) is 3.97. The predicted molar refractivity (Wildman–Crippen MR) is 117 cm³/mol. The minimum Gasteiger partial charge on any atom is -0.493 e. The fourth-order valence-electron chi connectivity index (χ4n) is 2.52. The molecule has 0 aliphatic heterocycles. The minimum atomic E-state index is -0.199. The number of rotatable bonds is 7. The number of nitrogens with one attached hydrogen (secondary N) is 1. The third kappa shape index (κ3) is 5.79. The topological polar surface area (TPSA) is 51.2 Å². The number of carbonyl (C=O) groups excluding carboxylic acids is 1. The van der Waals surface area contributed by atoms with E-state index >= 15 is 0 Å². The molecule has 1 amide bonds. The number of amides is 1.